The summed E-state index contributed by atoms with van der Waals surface area (Å²) in [5.74, 6) is 0.816. The highest BCUT2D eigenvalue weighted by Gasteiger charge is 2.27. The summed E-state index contributed by atoms with van der Waals surface area (Å²) in [7, 11) is 0. The van der Waals surface area contributed by atoms with Crippen LogP contribution in [0.2, 0.25) is 0 Å². The molecule has 1 atom stereocenters. The molecule has 2 aliphatic rings. The molecule has 2 aliphatic heterocycles. The van der Waals surface area contributed by atoms with E-state index in [4.69, 9.17) is 14.0 Å². The average Bonchev–Trinajstić information content (AvgIpc) is 3.37. The van der Waals surface area contributed by atoms with Gasteiger partial charge in [0.15, 0.2) is 0 Å². The zero-order valence-corrected chi connectivity index (χ0v) is 21.5. The summed E-state index contributed by atoms with van der Waals surface area (Å²) in [6.07, 6.45) is 0.152. The number of anilines is 1. The van der Waals surface area contributed by atoms with Crippen molar-refractivity contribution in [3.63, 3.8) is 0 Å². The number of aliphatic hydroxyl groups is 1. The molecule has 0 aliphatic carbocycles. The largest absolute Gasteiger partial charge is 0.391 e. The fourth-order valence-electron chi connectivity index (χ4n) is 5.10. The molecule has 1 N–H and O–H groups in total. The van der Waals surface area contributed by atoms with Crippen LogP contribution in [0.25, 0.3) is 11.3 Å². The summed E-state index contributed by atoms with van der Waals surface area (Å²) < 4.78 is 17.1. The lowest BCUT2D eigenvalue weighted by molar-refractivity contribution is 0.0292. The first kappa shape index (κ1) is 25.9. The molecule has 0 unspecified atom stereocenters. The standard InChI is InChI=1S/C29H38N4O4/c34-26(21-24-7-3-1-4-8-24)22-32(12-11-31-13-17-35-18-14-31)23-27-28(25-9-5-2-6-10-25)30-37-29(27)33-15-19-36-20-16-33/h1-10,26,34H,11-23H2/t26-/m0/s1. The van der Waals surface area contributed by atoms with Gasteiger partial charge >= 0.3 is 0 Å². The quantitative estimate of drug-likeness (QED) is 0.426. The van der Waals surface area contributed by atoms with Gasteiger partial charge < -0.3 is 24.0 Å². The zero-order chi connectivity index (χ0) is 25.3. The van der Waals surface area contributed by atoms with Gasteiger partial charge in [-0.1, -0.05) is 65.8 Å². The number of aliphatic hydroxyl groups excluding tert-OH is 1. The topological polar surface area (TPSA) is 74.4 Å². The van der Waals surface area contributed by atoms with Gasteiger partial charge in [0.25, 0.3) is 0 Å². The van der Waals surface area contributed by atoms with Gasteiger partial charge in [0.1, 0.15) is 5.69 Å². The number of morpholine rings is 2. The molecular formula is C29H38N4O4. The molecule has 5 rings (SSSR count). The molecule has 37 heavy (non-hydrogen) atoms. The molecule has 0 bridgehead atoms. The Balaban J connectivity index is 1.38. The summed E-state index contributed by atoms with van der Waals surface area (Å²) >= 11 is 0. The molecule has 2 saturated heterocycles. The fraction of sp³-hybridized carbons (Fsp3) is 0.483. The predicted molar refractivity (Wildman–Crippen MR) is 144 cm³/mol. The van der Waals surface area contributed by atoms with Crippen LogP contribution >= 0.6 is 0 Å². The van der Waals surface area contributed by atoms with E-state index >= 15 is 0 Å². The van der Waals surface area contributed by atoms with Crippen LogP contribution in [0.5, 0.6) is 0 Å². The maximum Gasteiger partial charge on any atom is 0.232 e. The van der Waals surface area contributed by atoms with Crippen molar-refractivity contribution < 1.29 is 19.1 Å². The Morgan fingerprint density at radius 2 is 1.51 bits per heavy atom. The third-order valence-electron chi connectivity index (χ3n) is 7.11. The van der Waals surface area contributed by atoms with Gasteiger partial charge in [0.05, 0.1) is 38.1 Å². The van der Waals surface area contributed by atoms with Gasteiger partial charge in [-0.3, -0.25) is 9.80 Å². The van der Waals surface area contributed by atoms with Crippen LogP contribution in [0.15, 0.2) is 65.2 Å². The molecule has 0 saturated carbocycles. The van der Waals surface area contributed by atoms with E-state index in [0.717, 1.165) is 80.8 Å². The van der Waals surface area contributed by atoms with Gasteiger partial charge in [-0.05, 0) is 12.0 Å². The van der Waals surface area contributed by atoms with Crippen molar-refractivity contribution in [1.29, 1.82) is 0 Å². The molecule has 8 nitrogen and oxygen atoms in total. The summed E-state index contributed by atoms with van der Waals surface area (Å²) in [5.41, 5.74) is 4.13. The highest BCUT2D eigenvalue weighted by atomic mass is 16.5. The second-order valence-electron chi connectivity index (χ2n) is 9.81. The molecule has 3 aromatic rings. The number of nitrogens with zero attached hydrogens (tertiary/aromatic N) is 4. The average molecular weight is 507 g/mol. The Hall–Kier alpha value is -2.75. The van der Waals surface area contributed by atoms with Crippen LogP contribution in [-0.2, 0) is 22.4 Å². The van der Waals surface area contributed by atoms with Crippen LogP contribution in [0.1, 0.15) is 11.1 Å². The molecule has 0 radical (unpaired) electrons. The van der Waals surface area contributed by atoms with E-state index in [1.807, 2.05) is 36.4 Å². The molecule has 0 spiro atoms. The minimum absolute atomic E-state index is 0.473. The number of aromatic nitrogens is 1. The Morgan fingerprint density at radius 1 is 0.865 bits per heavy atom. The van der Waals surface area contributed by atoms with Crippen LogP contribution in [0, 0.1) is 0 Å². The lowest BCUT2D eigenvalue weighted by Gasteiger charge is -2.32. The van der Waals surface area contributed by atoms with E-state index in [1.54, 1.807) is 0 Å². The highest BCUT2D eigenvalue weighted by Crippen LogP contribution is 2.33. The number of benzene rings is 2. The van der Waals surface area contributed by atoms with Crippen molar-refractivity contribution in [2.24, 2.45) is 0 Å². The van der Waals surface area contributed by atoms with Crippen LogP contribution in [-0.4, -0.2) is 98.4 Å². The first-order valence-electron chi connectivity index (χ1n) is 13.4. The zero-order valence-electron chi connectivity index (χ0n) is 21.5. The minimum atomic E-state index is -0.473. The molecule has 198 valence electrons. The van der Waals surface area contributed by atoms with Crippen LogP contribution in [0.3, 0.4) is 0 Å². The van der Waals surface area contributed by atoms with E-state index in [1.165, 1.54) is 0 Å². The van der Waals surface area contributed by atoms with Crippen molar-refractivity contribution in [2.75, 3.05) is 77.1 Å². The van der Waals surface area contributed by atoms with E-state index in [9.17, 15) is 5.11 Å². The second kappa shape index (κ2) is 13.2. The molecule has 3 heterocycles. The van der Waals surface area contributed by atoms with Crippen LogP contribution in [0.4, 0.5) is 5.88 Å². The van der Waals surface area contributed by atoms with E-state index in [-0.39, 0.29) is 0 Å². The monoisotopic (exact) mass is 506 g/mol. The molecule has 8 heteroatoms. The first-order chi connectivity index (χ1) is 18.3. The van der Waals surface area contributed by atoms with Gasteiger partial charge in [0.2, 0.25) is 5.88 Å². The van der Waals surface area contributed by atoms with Crippen molar-refractivity contribution in [3.05, 3.63) is 71.8 Å². The van der Waals surface area contributed by atoms with Gasteiger partial charge in [-0.15, -0.1) is 0 Å². The van der Waals surface area contributed by atoms with E-state index in [0.29, 0.717) is 32.7 Å². The lowest BCUT2D eigenvalue weighted by Crippen LogP contribution is -2.43. The third-order valence-corrected chi connectivity index (χ3v) is 7.11. The Labute approximate surface area is 219 Å². The van der Waals surface area contributed by atoms with Gasteiger partial charge in [-0.2, -0.15) is 0 Å². The number of rotatable bonds is 11. The minimum Gasteiger partial charge on any atom is -0.391 e. The highest BCUT2D eigenvalue weighted by molar-refractivity contribution is 5.68. The number of hydrogen-bond acceptors (Lipinski definition) is 8. The molecular weight excluding hydrogens is 468 g/mol. The van der Waals surface area contributed by atoms with Crippen molar-refractivity contribution in [3.8, 4) is 11.3 Å². The van der Waals surface area contributed by atoms with Crippen molar-refractivity contribution in [1.82, 2.24) is 15.0 Å². The summed E-state index contributed by atoms with van der Waals surface area (Å²) in [6, 6.07) is 20.4. The molecule has 2 aromatic carbocycles. The normalized spacial score (nSPS) is 17.8. The Kier molecular flexibility index (Phi) is 9.21. The summed E-state index contributed by atoms with van der Waals surface area (Å²) in [5, 5.41) is 15.6. The molecule has 0 amide bonds. The summed E-state index contributed by atoms with van der Waals surface area (Å²) in [4.78, 5) is 7.03. The fourth-order valence-corrected chi connectivity index (χ4v) is 5.10. The van der Waals surface area contributed by atoms with Crippen molar-refractivity contribution >= 4 is 5.88 Å². The Morgan fingerprint density at radius 3 is 2.22 bits per heavy atom. The Bertz CT molecular complexity index is 1070. The smallest absolute Gasteiger partial charge is 0.232 e. The van der Waals surface area contributed by atoms with Gasteiger partial charge in [-0.25, -0.2) is 0 Å². The third kappa shape index (κ3) is 7.18. The predicted octanol–water partition coefficient (Wildman–Crippen LogP) is 2.92. The molecule has 1 aromatic heterocycles. The maximum atomic E-state index is 11.1. The summed E-state index contributed by atoms with van der Waals surface area (Å²) in [6.45, 7) is 9.36. The molecule has 2 fully saturated rings. The van der Waals surface area contributed by atoms with Crippen molar-refractivity contribution in [2.45, 2.75) is 19.1 Å². The van der Waals surface area contributed by atoms with E-state index in [2.05, 4.69) is 44.1 Å². The second-order valence-corrected chi connectivity index (χ2v) is 9.81. The van der Waals surface area contributed by atoms with Gasteiger partial charge in [0, 0.05) is 57.9 Å². The SMILES string of the molecule is O[C@@H](Cc1ccccc1)CN(CCN1CCOCC1)Cc1c(-c2ccccc2)noc1N1CCOCC1. The van der Waals surface area contributed by atoms with Crippen LogP contribution < -0.4 is 4.90 Å². The first-order valence-corrected chi connectivity index (χ1v) is 13.4. The number of hydrogen-bond donors (Lipinski definition) is 1. The lowest BCUT2D eigenvalue weighted by atomic mass is 10.1. The number of ether oxygens (including phenoxy) is 2. The van der Waals surface area contributed by atoms with E-state index < -0.39 is 6.10 Å². The maximum absolute atomic E-state index is 11.1.